The number of fused-ring (bicyclic) bond motifs is 1. The molecule has 1 aliphatic rings. The number of amides is 2. The summed E-state index contributed by atoms with van der Waals surface area (Å²) in [7, 11) is 0. The summed E-state index contributed by atoms with van der Waals surface area (Å²) in [6, 6.07) is 15.6. The van der Waals surface area contributed by atoms with Gasteiger partial charge in [-0.05, 0) is 24.3 Å². The molecule has 0 atom stereocenters. The van der Waals surface area contributed by atoms with Gasteiger partial charge in [-0.1, -0.05) is 28.5 Å². The molecule has 2 amide bonds. The Morgan fingerprint density at radius 2 is 1.80 bits per heavy atom. The van der Waals surface area contributed by atoms with Crippen LogP contribution in [0.2, 0.25) is 0 Å². The first kappa shape index (κ1) is 25.9. The summed E-state index contributed by atoms with van der Waals surface area (Å²) in [6.45, 7) is 1.89. The van der Waals surface area contributed by atoms with Gasteiger partial charge < -0.3 is 29.5 Å². The van der Waals surface area contributed by atoms with Crippen molar-refractivity contribution in [2.45, 2.75) is 6.54 Å². The first-order valence-electron chi connectivity index (χ1n) is 13.0. The lowest BCUT2D eigenvalue weighted by Gasteiger charge is -2.36. The highest BCUT2D eigenvalue weighted by atomic mass is 19.1. The van der Waals surface area contributed by atoms with E-state index >= 15 is 4.39 Å². The zero-order chi connectivity index (χ0) is 28.2. The summed E-state index contributed by atoms with van der Waals surface area (Å²) in [5.41, 5.74) is 2.97. The minimum Gasteiger partial charge on any atom is -0.366 e. The number of halogens is 1. The Bertz CT molecular complexity index is 1680. The lowest BCUT2D eigenvalue weighted by atomic mass is 10.1. The Hall–Kier alpha value is -5.33. The predicted molar refractivity (Wildman–Crippen MR) is 146 cm³/mol. The predicted octanol–water partition coefficient (Wildman–Crippen LogP) is 3.10. The Kier molecular flexibility index (Phi) is 7.22. The molecule has 3 aromatic heterocycles. The number of hydrogen-bond acceptors (Lipinski definition) is 10. The van der Waals surface area contributed by atoms with Crippen molar-refractivity contribution in [3.63, 3.8) is 0 Å². The molecule has 0 bridgehead atoms. The van der Waals surface area contributed by atoms with Gasteiger partial charge in [-0.3, -0.25) is 14.6 Å². The molecule has 2 aromatic carbocycles. The van der Waals surface area contributed by atoms with E-state index in [2.05, 4.69) is 30.9 Å². The molecule has 4 heterocycles. The van der Waals surface area contributed by atoms with Crippen LogP contribution in [0.3, 0.4) is 0 Å². The molecule has 12 nitrogen and oxygen atoms in total. The lowest BCUT2D eigenvalue weighted by Crippen LogP contribution is -2.51. The highest BCUT2D eigenvalue weighted by Gasteiger charge is 2.24. The van der Waals surface area contributed by atoms with E-state index in [0.29, 0.717) is 72.3 Å². The van der Waals surface area contributed by atoms with Crippen molar-refractivity contribution in [2.75, 3.05) is 42.9 Å². The van der Waals surface area contributed by atoms with Gasteiger partial charge in [0.25, 0.3) is 5.91 Å². The van der Waals surface area contributed by atoms with E-state index in [1.165, 1.54) is 18.5 Å². The Labute approximate surface area is 233 Å². The van der Waals surface area contributed by atoms with Crippen LogP contribution in [0.1, 0.15) is 16.2 Å². The number of carbonyl (C=O) groups is 2. The number of piperazine rings is 1. The number of anilines is 2. The normalized spacial score (nSPS) is 13.4. The standard InChI is InChI=1S/C28H25FN8O4/c29-20-13-18(23-14-19(41-34-23)15-31-26-7-12-40-35-26)5-6-25(20)36-8-10-37(11-9-36)27(38)17-32-28(39)24-16-30-21-3-1-2-4-22(21)33-24/h1-7,12-14,16H,8-11,15,17H2,(H,31,35)(H,32,39). The summed E-state index contributed by atoms with van der Waals surface area (Å²) in [5.74, 6) is 0.0528. The monoisotopic (exact) mass is 556 g/mol. The molecule has 1 fully saturated rings. The van der Waals surface area contributed by atoms with Gasteiger partial charge in [0, 0.05) is 43.9 Å². The number of nitrogens with zero attached hydrogens (tertiary/aromatic N) is 6. The van der Waals surface area contributed by atoms with Crippen LogP contribution < -0.4 is 15.5 Å². The number of para-hydroxylation sites is 2. The third-order valence-electron chi connectivity index (χ3n) is 6.74. The third-order valence-corrected chi connectivity index (χ3v) is 6.74. The maximum Gasteiger partial charge on any atom is 0.271 e. The minimum absolute atomic E-state index is 0.144. The average molecular weight is 557 g/mol. The summed E-state index contributed by atoms with van der Waals surface area (Å²) >= 11 is 0. The van der Waals surface area contributed by atoms with Gasteiger partial charge in [-0.15, -0.1) is 0 Å². The van der Waals surface area contributed by atoms with Gasteiger partial charge in [0.15, 0.2) is 11.6 Å². The fourth-order valence-corrected chi connectivity index (χ4v) is 4.56. The third kappa shape index (κ3) is 5.83. The number of nitrogens with one attached hydrogen (secondary N) is 2. The van der Waals surface area contributed by atoms with Gasteiger partial charge in [-0.2, -0.15) is 0 Å². The summed E-state index contributed by atoms with van der Waals surface area (Å²) in [5, 5.41) is 13.5. The van der Waals surface area contributed by atoms with E-state index in [9.17, 15) is 9.59 Å². The summed E-state index contributed by atoms with van der Waals surface area (Å²) in [4.78, 5) is 37.3. The molecule has 0 saturated carbocycles. The van der Waals surface area contributed by atoms with Gasteiger partial charge in [0.1, 0.15) is 23.5 Å². The Morgan fingerprint density at radius 3 is 2.59 bits per heavy atom. The second-order valence-corrected chi connectivity index (χ2v) is 9.38. The zero-order valence-corrected chi connectivity index (χ0v) is 21.8. The zero-order valence-electron chi connectivity index (χ0n) is 21.8. The molecule has 0 unspecified atom stereocenters. The quantitative estimate of drug-likeness (QED) is 0.293. The molecule has 0 spiro atoms. The van der Waals surface area contributed by atoms with Crippen LogP contribution in [0.5, 0.6) is 0 Å². The van der Waals surface area contributed by atoms with Crippen molar-refractivity contribution in [1.29, 1.82) is 0 Å². The highest BCUT2D eigenvalue weighted by molar-refractivity contribution is 5.96. The molecule has 6 rings (SSSR count). The fourth-order valence-electron chi connectivity index (χ4n) is 4.56. The molecule has 208 valence electrons. The van der Waals surface area contributed by atoms with E-state index in [1.807, 2.05) is 23.1 Å². The molecule has 1 aliphatic heterocycles. The van der Waals surface area contributed by atoms with Gasteiger partial charge >= 0.3 is 0 Å². The van der Waals surface area contributed by atoms with Crippen molar-refractivity contribution >= 4 is 34.4 Å². The van der Waals surface area contributed by atoms with Crippen molar-refractivity contribution < 1.29 is 23.0 Å². The number of rotatable bonds is 8. The molecular weight excluding hydrogens is 531 g/mol. The number of carbonyl (C=O) groups excluding carboxylic acids is 2. The Balaban J connectivity index is 1.00. The van der Waals surface area contributed by atoms with Crippen molar-refractivity contribution in [3.8, 4) is 11.3 Å². The molecule has 41 heavy (non-hydrogen) atoms. The number of hydrogen-bond donors (Lipinski definition) is 2. The van der Waals surface area contributed by atoms with Crippen LogP contribution in [0.4, 0.5) is 15.9 Å². The van der Waals surface area contributed by atoms with Crippen LogP contribution in [0.15, 0.2) is 76.1 Å². The van der Waals surface area contributed by atoms with E-state index in [1.54, 1.807) is 35.2 Å². The van der Waals surface area contributed by atoms with Crippen LogP contribution in [-0.4, -0.2) is 69.7 Å². The van der Waals surface area contributed by atoms with Crippen molar-refractivity contribution in [3.05, 3.63) is 84.3 Å². The van der Waals surface area contributed by atoms with Gasteiger partial charge in [-0.25, -0.2) is 9.37 Å². The molecule has 5 aromatic rings. The maximum atomic E-state index is 15.1. The first-order valence-corrected chi connectivity index (χ1v) is 13.0. The smallest absolute Gasteiger partial charge is 0.271 e. The van der Waals surface area contributed by atoms with Crippen molar-refractivity contribution in [1.82, 2.24) is 30.5 Å². The summed E-state index contributed by atoms with van der Waals surface area (Å²) in [6.07, 6.45) is 2.85. The topological polar surface area (TPSA) is 143 Å². The van der Waals surface area contributed by atoms with Crippen LogP contribution in [-0.2, 0) is 11.3 Å². The van der Waals surface area contributed by atoms with Crippen molar-refractivity contribution in [2.24, 2.45) is 0 Å². The Morgan fingerprint density at radius 1 is 0.976 bits per heavy atom. The van der Waals surface area contributed by atoms with Crippen LogP contribution in [0, 0.1) is 5.82 Å². The fraction of sp³-hybridized carbons (Fsp3) is 0.214. The number of benzene rings is 2. The second kappa shape index (κ2) is 11.4. The van der Waals surface area contributed by atoms with E-state index in [4.69, 9.17) is 9.05 Å². The minimum atomic E-state index is -0.470. The molecule has 2 N–H and O–H groups in total. The average Bonchev–Trinajstić information content (AvgIpc) is 3.71. The summed E-state index contributed by atoms with van der Waals surface area (Å²) < 4.78 is 25.2. The molecule has 13 heteroatoms. The maximum absolute atomic E-state index is 15.1. The van der Waals surface area contributed by atoms with Gasteiger partial charge in [0.05, 0.1) is 36.0 Å². The largest absolute Gasteiger partial charge is 0.366 e. The highest BCUT2D eigenvalue weighted by Crippen LogP contribution is 2.27. The van der Waals surface area contributed by atoms with E-state index < -0.39 is 11.7 Å². The second-order valence-electron chi connectivity index (χ2n) is 9.38. The molecule has 0 aliphatic carbocycles. The number of aromatic nitrogens is 4. The molecular formula is C28H25FN8O4. The SMILES string of the molecule is O=C(NCC(=O)N1CCN(c2ccc(-c3cc(CNc4ccon4)on3)cc2F)CC1)c1cnc2ccccc2n1. The van der Waals surface area contributed by atoms with E-state index in [0.717, 1.165) is 0 Å². The van der Waals surface area contributed by atoms with E-state index in [-0.39, 0.29) is 18.1 Å². The molecule has 1 saturated heterocycles. The first-order chi connectivity index (χ1) is 20.0. The van der Waals surface area contributed by atoms with Gasteiger partial charge in [0.2, 0.25) is 5.91 Å². The van der Waals surface area contributed by atoms with Crippen LogP contribution in [0.25, 0.3) is 22.3 Å². The molecule has 0 radical (unpaired) electrons. The lowest BCUT2D eigenvalue weighted by molar-refractivity contribution is -0.130. The van der Waals surface area contributed by atoms with Crippen LogP contribution >= 0.6 is 0 Å².